The number of nitrogens with one attached hydrogen (secondary N) is 1. The molecule has 1 aromatic carbocycles. The summed E-state index contributed by atoms with van der Waals surface area (Å²) in [7, 11) is 0. The van der Waals surface area contributed by atoms with Crippen LogP contribution in [0, 0.1) is 0 Å². The first-order valence-corrected chi connectivity index (χ1v) is 5.81. The molecule has 1 heterocycles. The molecule has 0 radical (unpaired) electrons. The first-order chi connectivity index (χ1) is 8.85. The molecule has 2 aromatic rings. The zero-order valence-corrected chi connectivity index (χ0v) is 10.4. The number of fused-ring (bicyclic) bond motifs is 1. The Labute approximate surface area is 112 Å². The third-order valence-electron chi connectivity index (χ3n) is 2.54. The summed E-state index contributed by atoms with van der Waals surface area (Å²) in [5, 5.41) is 3.19. The highest BCUT2D eigenvalue weighted by atomic mass is 35.5. The Morgan fingerprint density at radius 2 is 2.05 bits per heavy atom. The van der Waals surface area contributed by atoms with Gasteiger partial charge < -0.3 is 9.88 Å². The molecule has 7 heteroatoms. The number of rotatable bonds is 3. The number of aromatic nitrogens is 1. The van der Waals surface area contributed by atoms with Gasteiger partial charge in [0, 0.05) is 16.7 Å². The van der Waals surface area contributed by atoms with Crippen LogP contribution in [0.5, 0.6) is 0 Å². The van der Waals surface area contributed by atoms with Crippen LogP contribution in [-0.4, -0.2) is 23.2 Å². The molecule has 0 bridgehead atoms. The van der Waals surface area contributed by atoms with E-state index in [0.717, 1.165) is 5.39 Å². The second-order valence-corrected chi connectivity index (χ2v) is 4.48. The van der Waals surface area contributed by atoms with E-state index in [0.29, 0.717) is 10.5 Å². The fraction of sp³-hybridized carbons (Fsp3) is 0.250. The molecule has 0 aliphatic rings. The third kappa shape index (κ3) is 3.64. The Kier molecular flexibility index (Phi) is 3.71. The second-order valence-electron chi connectivity index (χ2n) is 4.04. The fourth-order valence-electron chi connectivity index (χ4n) is 1.70. The van der Waals surface area contributed by atoms with Gasteiger partial charge in [0.2, 0.25) is 5.91 Å². The molecule has 0 atom stereocenters. The number of alkyl halides is 3. The summed E-state index contributed by atoms with van der Waals surface area (Å²) in [6, 6.07) is 6.91. The van der Waals surface area contributed by atoms with Gasteiger partial charge in [0.25, 0.3) is 0 Å². The number of carbonyl (C=O) groups is 1. The lowest BCUT2D eigenvalue weighted by Gasteiger charge is -2.09. The van der Waals surface area contributed by atoms with Crippen LogP contribution in [0.25, 0.3) is 10.9 Å². The van der Waals surface area contributed by atoms with E-state index in [4.69, 9.17) is 11.6 Å². The van der Waals surface area contributed by atoms with Gasteiger partial charge in [-0.05, 0) is 23.6 Å². The van der Waals surface area contributed by atoms with Crippen LogP contribution in [0.4, 0.5) is 13.2 Å². The molecule has 0 aliphatic carbocycles. The lowest BCUT2D eigenvalue weighted by molar-refractivity contribution is -0.138. The van der Waals surface area contributed by atoms with Crippen molar-refractivity contribution >= 4 is 28.4 Å². The van der Waals surface area contributed by atoms with Gasteiger partial charge in [0.05, 0.1) is 0 Å². The van der Waals surface area contributed by atoms with Crippen LogP contribution in [0.3, 0.4) is 0 Å². The highest BCUT2D eigenvalue weighted by Crippen LogP contribution is 2.20. The summed E-state index contributed by atoms with van der Waals surface area (Å²) in [4.78, 5) is 11.4. The van der Waals surface area contributed by atoms with Crippen LogP contribution in [-0.2, 0) is 11.3 Å². The van der Waals surface area contributed by atoms with Crippen molar-refractivity contribution in [1.82, 2.24) is 9.88 Å². The quantitative estimate of drug-likeness (QED) is 0.926. The normalized spacial score (nSPS) is 11.8. The average molecular weight is 291 g/mol. The van der Waals surface area contributed by atoms with E-state index in [2.05, 4.69) is 0 Å². The molecule has 0 spiro atoms. The SMILES string of the molecule is O=C(Cn1ccc2ccc(Cl)cc21)NCC(F)(F)F. The van der Waals surface area contributed by atoms with E-state index < -0.39 is 18.6 Å². The third-order valence-corrected chi connectivity index (χ3v) is 2.77. The minimum atomic E-state index is -4.41. The summed E-state index contributed by atoms with van der Waals surface area (Å²) in [6.45, 7) is -1.51. The van der Waals surface area contributed by atoms with Gasteiger partial charge in [-0.15, -0.1) is 0 Å². The minimum Gasteiger partial charge on any atom is -0.345 e. The monoisotopic (exact) mass is 290 g/mol. The molecule has 0 saturated carbocycles. The first-order valence-electron chi connectivity index (χ1n) is 5.43. The number of halogens is 4. The van der Waals surface area contributed by atoms with Gasteiger partial charge >= 0.3 is 6.18 Å². The second kappa shape index (κ2) is 5.13. The topological polar surface area (TPSA) is 34.0 Å². The van der Waals surface area contributed by atoms with Gasteiger partial charge in [0.1, 0.15) is 13.1 Å². The standard InChI is InChI=1S/C12H10ClF3N2O/c13-9-2-1-8-3-4-18(10(8)5-9)6-11(19)17-7-12(14,15)16/h1-5H,6-7H2,(H,17,19). The van der Waals surface area contributed by atoms with Crippen LogP contribution in [0.15, 0.2) is 30.5 Å². The van der Waals surface area contributed by atoms with Crippen molar-refractivity contribution in [2.75, 3.05) is 6.54 Å². The Hall–Kier alpha value is -1.69. The van der Waals surface area contributed by atoms with Crippen molar-refractivity contribution in [3.8, 4) is 0 Å². The van der Waals surface area contributed by atoms with Gasteiger partial charge in [-0.1, -0.05) is 17.7 Å². The molecule has 1 aromatic heterocycles. The van der Waals surface area contributed by atoms with Gasteiger partial charge in [-0.25, -0.2) is 0 Å². The molecule has 1 N–H and O–H groups in total. The Bertz CT molecular complexity index is 607. The highest BCUT2D eigenvalue weighted by molar-refractivity contribution is 6.31. The Morgan fingerprint density at radius 3 is 2.74 bits per heavy atom. The van der Waals surface area contributed by atoms with Crippen molar-refractivity contribution in [3.63, 3.8) is 0 Å². The summed E-state index contributed by atoms with van der Waals surface area (Å²) < 4.78 is 37.4. The van der Waals surface area contributed by atoms with Crippen molar-refractivity contribution < 1.29 is 18.0 Å². The van der Waals surface area contributed by atoms with Crippen molar-refractivity contribution in [2.45, 2.75) is 12.7 Å². The van der Waals surface area contributed by atoms with Crippen LogP contribution in [0.1, 0.15) is 0 Å². The molecule has 0 fully saturated rings. The van der Waals surface area contributed by atoms with Gasteiger partial charge in [0.15, 0.2) is 0 Å². The van der Waals surface area contributed by atoms with Crippen molar-refractivity contribution in [1.29, 1.82) is 0 Å². The zero-order valence-electron chi connectivity index (χ0n) is 9.67. The van der Waals surface area contributed by atoms with Crippen molar-refractivity contribution in [2.24, 2.45) is 0 Å². The smallest absolute Gasteiger partial charge is 0.345 e. The van der Waals surface area contributed by atoms with E-state index in [1.54, 1.807) is 35.0 Å². The van der Waals surface area contributed by atoms with E-state index >= 15 is 0 Å². The van der Waals surface area contributed by atoms with Crippen LogP contribution < -0.4 is 5.32 Å². The molecule has 102 valence electrons. The molecular formula is C12H10ClF3N2O. The van der Waals surface area contributed by atoms with Gasteiger partial charge in [-0.2, -0.15) is 13.2 Å². The Morgan fingerprint density at radius 1 is 1.32 bits per heavy atom. The molecule has 0 aliphatic heterocycles. The first kappa shape index (κ1) is 13.7. The summed E-state index contributed by atoms with van der Waals surface area (Å²) in [5.41, 5.74) is 0.703. The maximum atomic E-state index is 12.0. The van der Waals surface area contributed by atoms with Crippen LogP contribution in [0.2, 0.25) is 5.02 Å². The molecule has 0 unspecified atom stereocenters. The van der Waals surface area contributed by atoms with Crippen molar-refractivity contribution in [3.05, 3.63) is 35.5 Å². The molecule has 1 amide bonds. The summed E-state index contributed by atoms with van der Waals surface area (Å²) in [6.07, 6.45) is -2.77. The predicted octanol–water partition coefficient (Wildman–Crippen LogP) is 2.97. The van der Waals surface area contributed by atoms with Crippen LogP contribution >= 0.6 is 11.6 Å². The Balaban J connectivity index is 2.09. The highest BCUT2D eigenvalue weighted by Gasteiger charge is 2.27. The maximum absolute atomic E-state index is 12.0. The summed E-state index contributed by atoms with van der Waals surface area (Å²) >= 11 is 5.84. The van der Waals surface area contributed by atoms with Gasteiger partial charge in [-0.3, -0.25) is 4.79 Å². The average Bonchev–Trinajstić information content (AvgIpc) is 2.68. The predicted molar refractivity (Wildman–Crippen MR) is 66.0 cm³/mol. The molecule has 19 heavy (non-hydrogen) atoms. The van der Waals surface area contributed by atoms with E-state index in [-0.39, 0.29) is 6.54 Å². The lowest BCUT2D eigenvalue weighted by atomic mass is 10.2. The molecular weight excluding hydrogens is 281 g/mol. The van der Waals surface area contributed by atoms with E-state index in [9.17, 15) is 18.0 Å². The summed E-state index contributed by atoms with van der Waals surface area (Å²) in [5.74, 6) is -0.699. The number of nitrogens with zero attached hydrogens (tertiary/aromatic N) is 1. The van der Waals surface area contributed by atoms with E-state index in [1.807, 2.05) is 5.32 Å². The minimum absolute atomic E-state index is 0.181. The zero-order chi connectivity index (χ0) is 14.0. The molecule has 2 rings (SSSR count). The number of amides is 1. The number of carbonyl (C=O) groups excluding carboxylic acids is 1. The number of hydrogen-bond donors (Lipinski definition) is 1. The lowest BCUT2D eigenvalue weighted by Crippen LogP contribution is -2.35. The van der Waals surface area contributed by atoms with E-state index in [1.165, 1.54) is 0 Å². The molecule has 3 nitrogen and oxygen atoms in total. The number of benzene rings is 1. The largest absolute Gasteiger partial charge is 0.405 e. The fourth-order valence-corrected chi connectivity index (χ4v) is 1.87. The number of hydrogen-bond acceptors (Lipinski definition) is 1. The maximum Gasteiger partial charge on any atom is 0.405 e. The molecule has 0 saturated heterocycles.